The predicted molar refractivity (Wildman–Crippen MR) is 102 cm³/mol. The van der Waals surface area contributed by atoms with Gasteiger partial charge < -0.3 is 15.3 Å². The Labute approximate surface area is 148 Å². The number of nitrogens with zero attached hydrogens (tertiary/aromatic N) is 1. The van der Waals surface area contributed by atoms with Gasteiger partial charge in [0.1, 0.15) is 0 Å². The zero-order chi connectivity index (χ0) is 17.4. The lowest BCUT2D eigenvalue weighted by Crippen LogP contribution is -2.45. The number of piperidine rings is 1. The van der Waals surface area contributed by atoms with Crippen molar-refractivity contribution in [2.75, 3.05) is 19.6 Å². The summed E-state index contributed by atoms with van der Waals surface area (Å²) < 4.78 is 0. The molecule has 0 radical (unpaired) electrons. The molecule has 0 aromatic heterocycles. The van der Waals surface area contributed by atoms with Gasteiger partial charge in [0.15, 0.2) is 0 Å². The number of hydrogen-bond acceptors (Lipinski definition) is 3. The molecule has 1 heterocycles. The molecule has 2 N–H and O–H groups in total. The molecule has 0 bridgehead atoms. The average molecular weight is 333 g/mol. The molecule has 1 saturated heterocycles. The third kappa shape index (κ3) is 7.78. The summed E-state index contributed by atoms with van der Waals surface area (Å²) in [6, 6.07) is 12.0. The monoisotopic (exact) mass is 332 g/mol. The summed E-state index contributed by atoms with van der Waals surface area (Å²) in [7, 11) is 0. The average Bonchev–Trinajstić information content (AvgIpc) is 2.54. The van der Waals surface area contributed by atoms with E-state index in [1.165, 1.54) is 38.0 Å². The highest BCUT2D eigenvalue weighted by Gasteiger charge is 2.20. The van der Waals surface area contributed by atoms with Gasteiger partial charge in [-0.2, -0.15) is 0 Å². The molecule has 136 valence electrons. The highest BCUT2D eigenvalue weighted by atomic mass is 16.3. The van der Waals surface area contributed by atoms with Gasteiger partial charge in [-0.15, -0.1) is 0 Å². The smallest absolute Gasteiger partial charge is 0.0591 e. The fraction of sp³-hybridized carbons (Fsp3) is 0.714. The third-order valence-electron chi connectivity index (χ3n) is 5.09. The van der Waals surface area contributed by atoms with Crippen LogP contribution in [0.15, 0.2) is 30.3 Å². The Balaban J connectivity index is 1.58. The topological polar surface area (TPSA) is 35.5 Å². The Hall–Kier alpha value is -0.900. The Kier molecular flexibility index (Phi) is 7.73. The zero-order valence-electron chi connectivity index (χ0n) is 15.8. The van der Waals surface area contributed by atoms with Gasteiger partial charge in [-0.1, -0.05) is 30.3 Å². The van der Waals surface area contributed by atoms with Gasteiger partial charge in [0.05, 0.1) is 5.60 Å². The van der Waals surface area contributed by atoms with Crippen LogP contribution in [0.2, 0.25) is 0 Å². The van der Waals surface area contributed by atoms with Crippen LogP contribution in [-0.4, -0.2) is 47.3 Å². The van der Waals surface area contributed by atoms with E-state index in [4.69, 9.17) is 0 Å². The lowest BCUT2D eigenvalue weighted by atomic mass is 9.98. The maximum Gasteiger partial charge on any atom is 0.0591 e. The van der Waals surface area contributed by atoms with Gasteiger partial charge in [-0.25, -0.2) is 0 Å². The van der Waals surface area contributed by atoms with Gasteiger partial charge >= 0.3 is 0 Å². The van der Waals surface area contributed by atoms with Crippen molar-refractivity contribution in [2.24, 2.45) is 0 Å². The fourth-order valence-corrected chi connectivity index (χ4v) is 3.58. The molecule has 0 amide bonds. The molecule has 3 nitrogen and oxygen atoms in total. The van der Waals surface area contributed by atoms with Gasteiger partial charge in [0, 0.05) is 18.6 Å². The molecule has 2 rings (SSSR count). The summed E-state index contributed by atoms with van der Waals surface area (Å²) in [6.07, 6.45) is 6.80. The summed E-state index contributed by atoms with van der Waals surface area (Å²) in [4.78, 5) is 2.60. The summed E-state index contributed by atoms with van der Waals surface area (Å²) in [6.45, 7) is 9.68. The van der Waals surface area contributed by atoms with Crippen LogP contribution in [0.25, 0.3) is 0 Å². The standard InChI is InChI=1S/C21H36N2O/c1-18(8-7-14-21(2,3)24)22-20-12-16-23(17-13-20)15-11-19-9-5-4-6-10-19/h4-6,9-10,18,20,22,24H,7-8,11-17H2,1-3H3/t18-/m1/s1. The van der Waals surface area contributed by atoms with Gasteiger partial charge in [-0.05, 0) is 77.9 Å². The first kappa shape index (κ1) is 19.4. The van der Waals surface area contributed by atoms with Crippen molar-refractivity contribution in [3.8, 4) is 0 Å². The molecule has 1 aliphatic rings. The lowest BCUT2D eigenvalue weighted by molar-refractivity contribution is 0.0672. The van der Waals surface area contributed by atoms with Gasteiger partial charge in [-0.3, -0.25) is 0 Å². The molecule has 1 fully saturated rings. The molecule has 1 atom stereocenters. The molecule has 3 heteroatoms. The fourth-order valence-electron chi connectivity index (χ4n) is 3.58. The normalized spacial score (nSPS) is 18.7. The van der Waals surface area contributed by atoms with E-state index in [-0.39, 0.29) is 0 Å². The van der Waals surface area contributed by atoms with Crippen LogP contribution in [0.1, 0.15) is 58.4 Å². The highest BCUT2D eigenvalue weighted by molar-refractivity contribution is 5.14. The number of hydrogen-bond donors (Lipinski definition) is 2. The van der Waals surface area contributed by atoms with E-state index in [1.807, 2.05) is 13.8 Å². The summed E-state index contributed by atoms with van der Waals surface area (Å²) in [5.74, 6) is 0. The van der Waals surface area contributed by atoms with Gasteiger partial charge in [0.2, 0.25) is 0 Å². The van der Waals surface area contributed by atoms with Crippen molar-refractivity contribution in [2.45, 2.75) is 77.0 Å². The highest BCUT2D eigenvalue weighted by Crippen LogP contribution is 2.16. The quantitative estimate of drug-likeness (QED) is 0.725. The molecule has 0 unspecified atom stereocenters. The molecule has 0 saturated carbocycles. The van der Waals surface area contributed by atoms with Crippen LogP contribution in [-0.2, 0) is 6.42 Å². The SMILES string of the molecule is C[C@H](CCCC(C)(C)O)NC1CCN(CCc2ccccc2)CC1. The molecule has 1 aliphatic heterocycles. The minimum Gasteiger partial charge on any atom is -0.390 e. The molecule has 1 aromatic carbocycles. The van der Waals surface area contributed by atoms with E-state index in [0.717, 1.165) is 25.7 Å². The van der Waals surface area contributed by atoms with Crippen molar-refractivity contribution in [1.82, 2.24) is 10.2 Å². The molecule has 0 aliphatic carbocycles. The predicted octanol–water partition coefficient (Wildman–Crippen LogP) is 3.61. The Morgan fingerprint density at radius 1 is 1.21 bits per heavy atom. The van der Waals surface area contributed by atoms with Crippen LogP contribution in [0, 0.1) is 0 Å². The number of likely N-dealkylation sites (tertiary alicyclic amines) is 1. The van der Waals surface area contributed by atoms with Crippen LogP contribution >= 0.6 is 0 Å². The Morgan fingerprint density at radius 3 is 2.50 bits per heavy atom. The number of nitrogens with one attached hydrogen (secondary N) is 1. The second-order valence-corrected chi connectivity index (χ2v) is 8.12. The van der Waals surface area contributed by atoms with Crippen molar-refractivity contribution in [3.63, 3.8) is 0 Å². The molecule has 0 spiro atoms. The first-order valence-electron chi connectivity index (χ1n) is 9.67. The Morgan fingerprint density at radius 2 is 1.88 bits per heavy atom. The van der Waals surface area contributed by atoms with Crippen molar-refractivity contribution in [3.05, 3.63) is 35.9 Å². The van der Waals surface area contributed by atoms with E-state index in [0.29, 0.717) is 12.1 Å². The van der Waals surface area contributed by atoms with Crippen molar-refractivity contribution in [1.29, 1.82) is 0 Å². The minimum absolute atomic E-state index is 0.524. The number of rotatable bonds is 9. The molecule has 1 aromatic rings. The van der Waals surface area contributed by atoms with E-state index in [2.05, 4.69) is 47.5 Å². The Bertz CT molecular complexity index is 447. The molecular weight excluding hydrogens is 296 g/mol. The maximum atomic E-state index is 9.79. The van der Waals surface area contributed by atoms with E-state index < -0.39 is 5.60 Å². The van der Waals surface area contributed by atoms with Crippen LogP contribution in [0.4, 0.5) is 0 Å². The molecular formula is C21H36N2O. The zero-order valence-corrected chi connectivity index (χ0v) is 15.8. The van der Waals surface area contributed by atoms with E-state index in [9.17, 15) is 5.11 Å². The van der Waals surface area contributed by atoms with Crippen LogP contribution < -0.4 is 5.32 Å². The number of aliphatic hydroxyl groups is 1. The minimum atomic E-state index is -0.524. The second-order valence-electron chi connectivity index (χ2n) is 8.12. The summed E-state index contributed by atoms with van der Waals surface area (Å²) >= 11 is 0. The summed E-state index contributed by atoms with van der Waals surface area (Å²) in [5, 5.41) is 13.6. The molecule has 24 heavy (non-hydrogen) atoms. The van der Waals surface area contributed by atoms with Crippen molar-refractivity contribution < 1.29 is 5.11 Å². The lowest BCUT2D eigenvalue weighted by Gasteiger charge is -2.34. The number of benzene rings is 1. The third-order valence-corrected chi connectivity index (χ3v) is 5.09. The van der Waals surface area contributed by atoms with Crippen molar-refractivity contribution >= 4 is 0 Å². The first-order valence-corrected chi connectivity index (χ1v) is 9.67. The first-order chi connectivity index (χ1) is 11.4. The largest absolute Gasteiger partial charge is 0.390 e. The summed E-state index contributed by atoms with van der Waals surface area (Å²) in [5.41, 5.74) is 0.919. The van der Waals surface area contributed by atoms with Crippen LogP contribution in [0.5, 0.6) is 0 Å². The van der Waals surface area contributed by atoms with Crippen LogP contribution in [0.3, 0.4) is 0 Å². The van der Waals surface area contributed by atoms with E-state index in [1.54, 1.807) is 0 Å². The second kappa shape index (κ2) is 9.55. The van der Waals surface area contributed by atoms with E-state index >= 15 is 0 Å². The van der Waals surface area contributed by atoms with Gasteiger partial charge in [0.25, 0.3) is 0 Å². The maximum absolute atomic E-state index is 9.79.